The molecule has 1 fully saturated rings. The second kappa shape index (κ2) is 7.13. The number of benzene rings is 1. The van der Waals surface area contributed by atoms with E-state index >= 15 is 0 Å². The summed E-state index contributed by atoms with van der Waals surface area (Å²) >= 11 is 6.23. The lowest BCUT2D eigenvalue weighted by Gasteiger charge is -2.35. The Morgan fingerprint density at radius 2 is 2.07 bits per heavy atom. The van der Waals surface area contributed by atoms with Gasteiger partial charge < -0.3 is 15.2 Å². The zero-order valence-electron chi connectivity index (χ0n) is 15.8. The van der Waals surface area contributed by atoms with E-state index in [-0.39, 0.29) is 11.6 Å². The van der Waals surface area contributed by atoms with E-state index in [2.05, 4.69) is 10.3 Å². The molecule has 2 aromatic rings. The largest absolute Gasteiger partial charge is 0.444 e. The molecule has 3 rings (SSSR count). The van der Waals surface area contributed by atoms with Crippen LogP contribution < -0.4 is 10.9 Å². The minimum Gasteiger partial charge on any atom is -0.444 e. The zero-order valence-corrected chi connectivity index (χ0v) is 16.6. The van der Waals surface area contributed by atoms with E-state index in [0.29, 0.717) is 34.6 Å². The third-order valence-electron chi connectivity index (χ3n) is 4.48. The van der Waals surface area contributed by atoms with Crippen LogP contribution in [0.2, 0.25) is 5.02 Å². The molecule has 1 aliphatic carbocycles. The highest BCUT2D eigenvalue weighted by atomic mass is 35.5. The van der Waals surface area contributed by atoms with Crippen LogP contribution in [0, 0.1) is 0 Å². The van der Waals surface area contributed by atoms with E-state index in [1.165, 1.54) is 0 Å². The minimum atomic E-state index is -0.633. The molecular formula is C19H24ClN3O4. The van der Waals surface area contributed by atoms with Crippen LogP contribution in [0.3, 0.4) is 0 Å². The number of nitrogens with zero attached hydrogens (tertiary/aromatic N) is 2. The van der Waals surface area contributed by atoms with Gasteiger partial charge in [0.2, 0.25) is 0 Å². The smallest absolute Gasteiger partial charge is 0.408 e. The van der Waals surface area contributed by atoms with Crippen molar-refractivity contribution in [2.24, 2.45) is 0 Å². The van der Waals surface area contributed by atoms with Crippen molar-refractivity contribution in [2.75, 3.05) is 0 Å². The molecule has 2 N–H and O–H groups in total. The number of halogens is 1. The van der Waals surface area contributed by atoms with E-state index in [9.17, 15) is 14.7 Å². The highest BCUT2D eigenvalue weighted by Gasteiger charge is 2.33. The van der Waals surface area contributed by atoms with E-state index in [0.717, 1.165) is 0 Å². The van der Waals surface area contributed by atoms with Crippen molar-refractivity contribution in [3.8, 4) is 0 Å². The molecule has 146 valence electrons. The number of rotatable bonds is 3. The van der Waals surface area contributed by atoms with Crippen LogP contribution in [0.1, 0.15) is 58.4 Å². The Bertz CT molecular complexity index is 929. The molecule has 1 aromatic carbocycles. The fourth-order valence-corrected chi connectivity index (χ4v) is 3.45. The van der Waals surface area contributed by atoms with Crippen LogP contribution in [0.4, 0.5) is 4.79 Å². The van der Waals surface area contributed by atoms with Crippen molar-refractivity contribution in [1.82, 2.24) is 14.9 Å². The molecule has 0 radical (unpaired) electrons. The number of alkyl carbamates (subject to hydrolysis) is 1. The average molecular weight is 394 g/mol. The number of ether oxygens (including phenoxy) is 1. The maximum Gasteiger partial charge on any atom is 0.408 e. The number of aliphatic hydroxyl groups excluding tert-OH is 1. The van der Waals surface area contributed by atoms with Crippen molar-refractivity contribution in [3.63, 3.8) is 0 Å². The SMILES string of the molecule is CC(NC(=O)OC(C)(C)C)c1nc2cccc(Cl)c2c(=O)n1C1CC(O)C1. The number of aliphatic hydroxyl groups is 1. The molecule has 1 unspecified atom stereocenters. The fourth-order valence-electron chi connectivity index (χ4n) is 3.20. The number of nitrogens with one attached hydrogen (secondary N) is 1. The van der Waals surface area contributed by atoms with Crippen LogP contribution >= 0.6 is 11.6 Å². The van der Waals surface area contributed by atoms with E-state index in [1.54, 1.807) is 50.5 Å². The summed E-state index contributed by atoms with van der Waals surface area (Å²) in [7, 11) is 0. The Morgan fingerprint density at radius 1 is 1.41 bits per heavy atom. The molecule has 0 saturated heterocycles. The molecule has 27 heavy (non-hydrogen) atoms. The van der Waals surface area contributed by atoms with Gasteiger partial charge in [-0.1, -0.05) is 17.7 Å². The second-order valence-electron chi connectivity index (χ2n) is 7.93. The van der Waals surface area contributed by atoms with Gasteiger partial charge in [0.05, 0.1) is 28.1 Å². The predicted octanol–water partition coefficient (Wildman–Crippen LogP) is 3.33. The van der Waals surface area contributed by atoms with Gasteiger partial charge >= 0.3 is 6.09 Å². The molecule has 1 aromatic heterocycles. The van der Waals surface area contributed by atoms with Crippen LogP contribution in [-0.2, 0) is 4.74 Å². The normalized spacial score (nSPS) is 20.8. The minimum absolute atomic E-state index is 0.182. The maximum atomic E-state index is 13.1. The van der Waals surface area contributed by atoms with Gasteiger partial charge in [0, 0.05) is 6.04 Å². The summed E-state index contributed by atoms with van der Waals surface area (Å²) in [6.07, 6.45) is -0.102. The average Bonchev–Trinajstić information content (AvgIpc) is 2.50. The maximum absolute atomic E-state index is 13.1. The standard InChI is InChI=1S/C19H24ClN3O4/c1-10(21-18(26)27-19(2,3)4)16-22-14-7-5-6-13(20)15(14)17(25)23(16)11-8-12(24)9-11/h5-7,10-12,24H,8-9H2,1-4H3,(H,21,26). The first-order valence-corrected chi connectivity index (χ1v) is 9.33. The summed E-state index contributed by atoms with van der Waals surface area (Å²) in [5.41, 5.74) is -0.432. The number of carbonyl (C=O) groups is 1. The molecule has 1 saturated carbocycles. The number of carbonyl (C=O) groups excluding carboxylic acids is 1. The number of hydrogen-bond acceptors (Lipinski definition) is 5. The monoisotopic (exact) mass is 393 g/mol. The summed E-state index contributed by atoms with van der Waals surface area (Å²) in [5, 5.41) is 13.1. The van der Waals surface area contributed by atoms with Crippen molar-refractivity contribution in [2.45, 2.75) is 64.3 Å². The topological polar surface area (TPSA) is 93.5 Å². The van der Waals surface area contributed by atoms with E-state index in [1.807, 2.05) is 0 Å². The number of fused-ring (bicyclic) bond motifs is 1. The number of amides is 1. The van der Waals surface area contributed by atoms with Gasteiger partial charge in [-0.15, -0.1) is 0 Å². The van der Waals surface area contributed by atoms with E-state index in [4.69, 9.17) is 16.3 Å². The molecule has 1 amide bonds. The van der Waals surface area contributed by atoms with Gasteiger partial charge in [-0.05, 0) is 52.7 Å². The Hall–Kier alpha value is -2.12. The van der Waals surface area contributed by atoms with Crippen LogP contribution in [0.25, 0.3) is 10.9 Å². The van der Waals surface area contributed by atoms with Gasteiger partial charge in [0.1, 0.15) is 11.4 Å². The molecule has 0 aliphatic heterocycles. The Morgan fingerprint density at radius 3 is 2.67 bits per heavy atom. The molecule has 0 spiro atoms. The lowest BCUT2D eigenvalue weighted by molar-refractivity contribution is 0.0422. The molecule has 1 heterocycles. The molecule has 1 aliphatic rings. The highest BCUT2D eigenvalue weighted by molar-refractivity contribution is 6.35. The second-order valence-corrected chi connectivity index (χ2v) is 8.33. The Labute approximate surface area is 162 Å². The summed E-state index contributed by atoms with van der Waals surface area (Å²) in [5.74, 6) is 0.414. The lowest BCUT2D eigenvalue weighted by Crippen LogP contribution is -2.42. The molecule has 8 heteroatoms. The quantitative estimate of drug-likeness (QED) is 0.834. The number of aromatic nitrogens is 2. The van der Waals surface area contributed by atoms with Crippen molar-refractivity contribution in [1.29, 1.82) is 0 Å². The van der Waals surface area contributed by atoms with Crippen molar-refractivity contribution >= 4 is 28.6 Å². The van der Waals surface area contributed by atoms with Crippen molar-refractivity contribution in [3.05, 3.63) is 39.4 Å². The zero-order chi connectivity index (χ0) is 19.9. The Balaban J connectivity index is 2.04. The number of hydrogen-bond donors (Lipinski definition) is 2. The highest BCUT2D eigenvalue weighted by Crippen LogP contribution is 2.34. The predicted molar refractivity (Wildman–Crippen MR) is 103 cm³/mol. The van der Waals surface area contributed by atoms with Crippen LogP contribution in [-0.4, -0.2) is 32.5 Å². The lowest BCUT2D eigenvalue weighted by atomic mass is 9.89. The molecule has 1 atom stereocenters. The third-order valence-corrected chi connectivity index (χ3v) is 4.80. The van der Waals surface area contributed by atoms with Crippen LogP contribution in [0.5, 0.6) is 0 Å². The first-order chi connectivity index (χ1) is 12.6. The van der Waals surface area contributed by atoms with Gasteiger partial charge in [0.25, 0.3) is 5.56 Å². The fraction of sp³-hybridized carbons (Fsp3) is 0.526. The summed E-state index contributed by atoms with van der Waals surface area (Å²) in [4.78, 5) is 29.9. The molecule has 7 nitrogen and oxygen atoms in total. The van der Waals surface area contributed by atoms with Gasteiger partial charge in [-0.2, -0.15) is 0 Å². The van der Waals surface area contributed by atoms with Crippen LogP contribution in [0.15, 0.2) is 23.0 Å². The molecule has 0 bridgehead atoms. The first kappa shape index (κ1) is 19.6. The van der Waals surface area contributed by atoms with E-state index < -0.39 is 23.8 Å². The van der Waals surface area contributed by atoms with Gasteiger partial charge in [-0.3, -0.25) is 9.36 Å². The summed E-state index contributed by atoms with van der Waals surface area (Å²) in [6.45, 7) is 7.07. The first-order valence-electron chi connectivity index (χ1n) is 8.95. The van der Waals surface area contributed by atoms with Gasteiger partial charge in [-0.25, -0.2) is 9.78 Å². The Kier molecular flexibility index (Phi) is 5.18. The molecular weight excluding hydrogens is 370 g/mol. The summed E-state index contributed by atoms with van der Waals surface area (Å²) in [6, 6.07) is 4.35. The van der Waals surface area contributed by atoms with Gasteiger partial charge in [0.15, 0.2) is 0 Å². The third kappa shape index (κ3) is 4.09. The summed E-state index contributed by atoms with van der Waals surface area (Å²) < 4.78 is 6.84. The van der Waals surface area contributed by atoms with Crippen molar-refractivity contribution < 1.29 is 14.6 Å².